The molecule has 0 atom stereocenters. The third-order valence-electron chi connectivity index (χ3n) is 2.78. The number of carbonyl (C=O) groups excluding carboxylic acids is 1. The van der Waals surface area contributed by atoms with Gasteiger partial charge in [0.1, 0.15) is 5.01 Å². The van der Waals surface area contributed by atoms with Gasteiger partial charge >= 0.3 is 0 Å². The molecule has 6 heteroatoms. The van der Waals surface area contributed by atoms with Crippen LogP contribution in [0.25, 0.3) is 10.6 Å². The van der Waals surface area contributed by atoms with E-state index in [1.54, 1.807) is 6.07 Å². The van der Waals surface area contributed by atoms with Crippen LogP contribution in [0.2, 0.25) is 0 Å². The predicted octanol–water partition coefficient (Wildman–Crippen LogP) is 4.22. The van der Waals surface area contributed by atoms with Gasteiger partial charge in [-0.3, -0.25) is 10.1 Å². The Kier molecular flexibility index (Phi) is 4.08. The van der Waals surface area contributed by atoms with E-state index in [1.807, 2.05) is 48.5 Å². The molecular formula is C15H10BrN3OS. The van der Waals surface area contributed by atoms with E-state index in [4.69, 9.17) is 0 Å². The predicted molar refractivity (Wildman–Crippen MR) is 87.4 cm³/mol. The molecule has 1 aromatic heterocycles. The molecule has 21 heavy (non-hydrogen) atoms. The quantitative estimate of drug-likeness (QED) is 0.761. The molecule has 2 aromatic carbocycles. The zero-order valence-corrected chi connectivity index (χ0v) is 13.2. The normalized spacial score (nSPS) is 10.3. The van der Waals surface area contributed by atoms with Gasteiger partial charge in [-0.25, -0.2) is 0 Å². The molecule has 4 nitrogen and oxygen atoms in total. The summed E-state index contributed by atoms with van der Waals surface area (Å²) in [6, 6.07) is 17.0. The van der Waals surface area contributed by atoms with Crippen LogP contribution in [0.4, 0.5) is 5.13 Å². The minimum atomic E-state index is -0.210. The number of hydrogen-bond donors (Lipinski definition) is 1. The van der Waals surface area contributed by atoms with Crippen LogP contribution in [-0.4, -0.2) is 16.1 Å². The number of halogens is 1. The van der Waals surface area contributed by atoms with Crippen molar-refractivity contribution in [1.82, 2.24) is 10.2 Å². The van der Waals surface area contributed by atoms with Gasteiger partial charge in [-0.2, -0.15) is 0 Å². The van der Waals surface area contributed by atoms with Crippen molar-refractivity contribution in [2.24, 2.45) is 0 Å². The topological polar surface area (TPSA) is 54.9 Å². The van der Waals surface area contributed by atoms with Gasteiger partial charge in [-0.15, -0.1) is 10.2 Å². The van der Waals surface area contributed by atoms with Crippen molar-refractivity contribution in [3.8, 4) is 10.6 Å². The molecule has 0 aliphatic heterocycles. The van der Waals surface area contributed by atoms with Gasteiger partial charge in [0.05, 0.1) is 5.56 Å². The highest BCUT2D eigenvalue weighted by molar-refractivity contribution is 9.10. The molecule has 104 valence electrons. The first-order chi connectivity index (χ1) is 10.2. The fourth-order valence-electron chi connectivity index (χ4n) is 1.78. The van der Waals surface area contributed by atoms with Crippen LogP contribution in [0.5, 0.6) is 0 Å². The number of benzene rings is 2. The molecule has 0 aliphatic rings. The number of rotatable bonds is 3. The third kappa shape index (κ3) is 3.17. The third-order valence-corrected chi connectivity index (χ3v) is 4.36. The lowest BCUT2D eigenvalue weighted by atomic mass is 10.2. The van der Waals surface area contributed by atoms with Gasteiger partial charge in [0.2, 0.25) is 5.13 Å². The average molecular weight is 360 g/mol. The van der Waals surface area contributed by atoms with Crippen LogP contribution in [0.1, 0.15) is 10.4 Å². The first-order valence-corrected chi connectivity index (χ1v) is 7.80. The molecule has 0 saturated heterocycles. The maximum absolute atomic E-state index is 12.2. The van der Waals surface area contributed by atoms with Crippen molar-refractivity contribution < 1.29 is 4.79 Å². The van der Waals surface area contributed by atoms with Crippen molar-refractivity contribution in [2.45, 2.75) is 0 Å². The molecule has 3 rings (SSSR count). The molecule has 1 N–H and O–H groups in total. The monoisotopic (exact) mass is 359 g/mol. The van der Waals surface area contributed by atoms with E-state index < -0.39 is 0 Å². The van der Waals surface area contributed by atoms with E-state index in [2.05, 4.69) is 31.4 Å². The maximum Gasteiger partial charge on any atom is 0.258 e. The molecule has 0 saturated carbocycles. The van der Waals surface area contributed by atoms with Crippen LogP contribution in [0.3, 0.4) is 0 Å². The number of nitrogens with zero attached hydrogens (tertiary/aromatic N) is 2. The second-order valence-corrected chi connectivity index (χ2v) is 6.04. The largest absolute Gasteiger partial charge is 0.296 e. The molecule has 1 heterocycles. The molecule has 0 aliphatic carbocycles. The van der Waals surface area contributed by atoms with E-state index in [0.717, 1.165) is 15.0 Å². The fourth-order valence-corrected chi connectivity index (χ4v) is 2.99. The Bertz CT molecular complexity index is 773. The van der Waals surface area contributed by atoms with Crippen molar-refractivity contribution >= 4 is 38.3 Å². The first-order valence-electron chi connectivity index (χ1n) is 6.19. The molecule has 0 fully saturated rings. The number of carbonyl (C=O) groups is 1. The zero-order valence-electron chi connectivity index (χ0n) is 10.8. The van der Waals surface area contributed by atoms with Crippen molar-refractivity contribution in [1.29, 1.82) is 0 Å². The molecule has 3 aromatic rings. The Morgan fingerprint density at radius 3 is 2.48 bits per heavy atom. The summed E-state index contributed by atoms with van der Waals surface area (Å²) >= 11 is 4.70. The first kappa shape index (κ1) is 13.9. The van der Waals surface area contributed by atoms with Gasteiger partial charge in [0.15, 0.2) is 0 Å². The second-order valence-electron chi connectivity index (χ2n) is 4.21. The number of aromatic nitrogens is 2. The Hall–Kier alpha value is -2.05. The van der Waals surface area contributed by atoms with Crippen molar-refractivity contribution in [3.05, 3.63) is 64.6 Å². The second kappa shape index (κ2) is 6.15. The summed E-state index contributed by atoms with van der Waals surface area (Å²) in [5.74, 6) is -0.210. The molecular weight excluding hydrogens is 350 g/mol. The van der Waals surface area contributed by atoms with Crippen molar-refractivity contribution in [3.63, 3.8) is 0 Å². The minimum absolute atomic E-state index is 0.210. The molecule has 0 radical (unpaired) electrons. The summed E-state index contributed by atoms with van der Waals surface area (Å²) in [7, 11) is 0. The SMILES string of the molecule is O=C(Nc1nnc(-c2ccccc2)s1)c1ccccc1Br. The smallest absolute Gasteiger partial charge is 0.258 e. The minimum Gasteiger partial charge on any atom is -0.296 e. The van der Waals surface area contributed by atoms with Gasteiger partial charge < -0.3 is 0 Å². The summed E-state index contributed by atoms with van der Waals surface area (Å²) in [4.78, 5) is 12.2. The highest BCUT2D eigenvalue weighted by atomic mass is 79.9. The maximum atomic E-state index is 12.2. The zero-order chi connectivity index (χ0) is 14.7. The Morgan fingerprint density at radius 2 is 1.71 bits per heavy atom. The van der Waals surface area contributed by atoms with Crippen LogP contribution < -0.4 is 5.32 Å². The molecule has 0 spiro atoms. The van der Waals surface area contributed by atoms with Crippen LogP contribution >= 0.6 is 27.3 Å². The number of amides is 1. The Labute approximate surface area is 134 Å². The lowest BCUT2D eigenvalue weighted by molar-refractivity contribution is 0.102. The van der Waals surface area contributed by atoms with Gasteiger partial charge in [0.25, 0.3) is 5.91 Å². The number of nitrogens with one attached hydrogen (secondary N) is 1. The van der Waals surface area contributed by atoms with Crippen LogP contribution in [0, 0.1) is 0 Å². The average Bonchev–Trinajstić information content (AvgIpc) is 2.97. The summed E-state index contributed by atoms with van der Waals surface area (Å²) in [6.45, 7) is 0. The van der Waals surface area contributed by atoms with E-state index in [-0.39, 0.29) is 5.91 Å². The van der Waals surface area contributed by atoms with E-state index in [1.165, 1.54) is 11.3 Å². The lowest BCUT2D eigenvalue weighted by Gasteiger charge is -2.02. The fraction of sp³-hybridized carbons (Fsp3) is 0. The van der Waals surface area contributed by atoms with E-state index in [0.29, 0.717) is 10.7 Å². The summed E-state index contributed by atoms with van der Waals surface area (Å²) < 4.78 is 0.746. The molecule has 0 bridgehead atoms. The van der Waals surface area contributed by atoms with Crippen molar-refractivity contribution in [2.75, 3.05) is 5.32 Å². The highest BCUT2D eigenvalue weighted by Crippen LogP contribution is 2.26. The van der Waals surface area contributed by atoms with E-state index in [9.17, 15) is 4.79 Å². The highest BCUT2D eigenvalue weighted by Gasteiger charge is 2.13. The van der Waals surface area contributed by atoms with E-state index >= 15 is 0 Å². The van der Waals surface area contributed by atoms with Crippen LogP contribution in [0.15, 0.2) is 59.1 Å². The van der Waals surface area contributed by atoms with Gasteiger partial charge in [-0.05, 0) is 28.1 Å². The van der Waals surface area contributed by atoms with Gasteiger partial charge in [-0.1, -0.05) is 53.8 Å². The number of hydrogen-bond acceptors (Lipinski definition) is 4. The standard InChI is InChI=1S/C15H10BrN3OS/c16-12-9-5-4-8-11(12)13(20)17-15-19-18-14(21-15)10-6-2-1-3-7-10/h1-9H,(H,17,19,20). The van der Waals surface area contributed by atoms with Gasteiger partial charge in [0, 0.05) is 10.0 Å². The summed E-state index contributed by atoms with van der Waals surface area (Å²) in [5.41, 5.74) is 1.55. The summed E-state index contributed by atoms with van der Waals surface area (Å²) in [6.07, 6.45) is 0. The van der Waals surface area contributed by atoms with Crippen LogP contribution in [-0.2, 0) is 0 Å². The molecule has 1 amide bonds. The lowest BCUT2D eigenvalue weighted by Crippen LogP contribution is -2.12. The summed E-state index contributed by atoms with van der Waals surface area (Å²) in [5, 5.41) is 12.1. The Balaban J connectivity index is 1.79. The number of anilines is 1. The Morgan fingerprint density at radius 1 is 1.00 bits per heavy atom. The molecule has 0 unspecified atom stereocenters.